The van der Waals surface area contributed by atoms with Gasteiger partial charge in [-0.05, 0) is 37.1 Å². The Morgan fingerprint density at radius 1 is 1.26 bits per heavy atom. The van der Waals surface area contributed by atoms with Gasteiger partial charge in [0.15, 0.2) is 6.17 Å². The molecule has 0 unspecified atom stereocenters. The molecule has 144 valence electrons. The molecule has 1 fully saturated rings. The fraction of sp³-hybridized carbons (Fsp3) is 0.421. The number of para-hydroxylation sites is 1. The fourth-order valence-corrected chi connectivity index (χ4v) is 3.92. The van der Waals surface area contributed by atoms with E-state index in [0.29, 0.717) is 42.0 Å². The van der Waals surface area contributed by atoms with Crippen LogP contribution in [-0.2, 0) is 10.5 Å². The van der Waals surface area contributed by atoms with E-state index in [1.807, 2.05) is 18.2 Å². The molecule has 4 rings (SSSR count). The van der Waals surface area contributed by atoms with E-state index in [0.717, 1.165) is 18.5 Å². The van der Waals surface area contributed by atoms with Crippen molar-refractivity contribution in [1.29, 1.82) is 0 Å². The van der Waals surface area contributed by atoms with E-state index >= 15 is 0 Å². The standard InChI is InChI=1S/C19H20F2N2O3S/c20-19(21)27-11-13-7-8-16(26-13)17-22-15-6-2-1-5-14(15)18(24)23(17)10-12-4-3-9-25-12/h1-2,5-8,12,17,19,22H,3-4,9-11H2/t12-,17-/m0/s1. The third-order valence-corrected chi connectivity index (χ3v) is 5.45. The Morgan fingerprint density at radius 2 is 2.11 bits per heavy atom. The average molecular weight is 394 g/mol. The molecule has 1 saturated heterocycles. The lowest BCUT2D eigenvalue weighted by molar-refractivity contribution is 0.0401. The van der Waals surface area contributed by atoms with Gasteiger partial charge in [0.1, 0.15) is 11.5 Å². The summed E-state index contributed by atoms with van der Waals surface area (Å²) < 4.78 is 36.3. The van der Waals surface area contributed by atoms with Gasteiger partial charge in [-0.15, -0.1) is 0 Å². The Hall–Kier alpha value is -2.06. The summed E-state index contributed by atoms with van der Waals surface area (Å²) in [6, 6.07) is 10.7. The summed E-state index contributed by atoms with van der Waals surface area (Å²) >= 11 is 0.512. The number of ether oxygens (including phenoxy) is 1. The van der Waals surface area contributed by atoms with Crippen LogP contribution in [0.15, 0.2) is 40.8 Å². The molecule has 2 atom stereocenters. The van der Waals surface area contributed by atoms with Gasteiger partial charge in [-0.25, -0.2) is 0 Å². The highest BCUT2D eigenvalue weighted by Crippen LogP contribution is 2.35. The monoisotopic (exact) mass is 394 g/mol. The van der Waals surface area contributed by atoms with Crippen LogP contribution in [0.2, 0.25) is 0 Å². The Balaban J connectivity index is 1.60. The van der Waals surface area contributed by atoms with Crippen molar-refractivity contribution in [3.8, 4) is 0 Å². The largest absolute Gasteiger partial charge is 0.461 e. The molecular formula is C19H20F2N2O3S. The molecule has 0 saturated carbocycles. The maximum atomic E-state index is 13.1. The molecule has 0 aliphatic carbocycles. The summed E-state index contributed by atoms with van der Waals surface area (Å²) in [6.45, 7) is 1.16. The number of nitrogens with zero attached hydrogens (tertiary/aromatic N) is 1. The van der Waals surface area contributed by atoms with E-state index in [9.17, 15) is 13.6 Å². The lowest BCUT2D eigenvalue weighted by atomic mass is 10.1. The van der Waals surface area contributed by atoms with Crippen molar-refractivity contribution in [3.63, 3.8) is 0 Å². The fourth-order valence-electron chi connectivity index (χ4n) is 3.48. The summed E-state index contributed by atoms with van der Waals surface area (Å²) in [7, 11) is 0. The number of amides is 1. The van der Waals surface area contributed by atoms with Crippen molar-refractivity contribution >= 4 is 23.4 Å². The summed E-state index contributed by atoms with van der Waals surface area (Å²) in [4.78, 5) is 14.8. The summed E-state index contributed by atoms with van der Waals surface area (Å²) in [5.41, 5.74) is 1.34. The number of fused-ring (bicyclic) bond motifs is 1. The summed E-state index contributed by atoms with van der Waals surface area (Å²) in [6.07, 6.45) is 1.39. The minimum atomic E-state index is -2.45. The van der Waals surface area contributed by atoms with Gasteiger partial charge in [0, 0.05) is 18.8 Å². The van der Waals surface area contributed by atoms with Gasteiger partial charge in [-0.1, -0.05) is 23.9 Å². The lowest BCUT2D eigenvalue weighted by Gasteiger charge is -2.37. The first-order valence-electron chi connectivity index (χ1n) is 8.88. The van der Waals surface area contributed by atoms with Crippen LogP contribution in [0.25, 0.3) is 0 Å². The van der Waals surface area contributed by atoms with Crippen LogP contribution in [0.4, 0.5) is 14.5 Å². The predicted octanol–water partition coefficient (Wildman–Crippen LogP) is 4.48. The Kier molecular flexibility index (Phi) is 5.36. The smallest absolute Gasteiger partial charge is 0.284 e. The molecule has 3 heterocycles. The van der Waals surface area contributed by atoms with E-state index in [1.54, 1.807) is 23.1 Å². The van der Waals surface area contributed by atoms with E-state index in [2.05, 4.69) is 5.32 Å². The second-order valence-corrected chi connectivity index (χ2v) is 7.54. The second kappa shape index (κ2) is 7.90. The normalized spacial score (nSPS) is 22.2. The molecular weight excluding hydrogens is 374 g/mol. The first kappa shape index (κ1) is 18.3. The number of nitrogens with one attached hydrogen (secondary N) is 1. The van der Waals surface area contributed by atoms with Crippen molar-refractivity contribution < 1.29 is 22.7 Å². The van der Waals surface area contributed by atoms with E-state index < -0.39 is 11.9 Å². The zero-order chi connectivity index (χ0) is 18.8. The number of hydrogen-bond acceptors (Lipinski definition) is 5. The molecule has 1 aromatic carbocycles. The molecule has 1 N–H and O–H groups in total. The molecule has 5 nitrogen and oxygen atoms in total. The van der Waals surface area contributed by atoms with Crippen LogP contribution in [0.3, 0.4) is 0 Å². The lowest BCUT2D eigenvalue weighted by Crippen LogP contribution is -2.46. The van der Waals surface area contributed by atoms with Crippen LogP contribution < -0.4 is 5.32 Å². The van der Waals surface area contributed by atoms with E-state index in [-0.39, 0.29) is 17.8 Å². The SMILES string of the molecule is O=C1c2ccccc2N[C@H](c2ccc(CSC(F)F)o2)N1C[C@@H]1CCCO1. The predicted molar refractivity (Wildman–Crippen MR) is 98.8 cm³/mol. The minimum absolute atomic E-state index is 0.00710. The highest BCUT2D eigenvalue weighted by atomic mass is 32.2. The maximum absolute atomic E-state index is 13.1. The van der Waals surface area contributed by atoms with Crippen LogP contribution in [0.5, 0.6) is 0 Å². The van der Waals surface area contributed by atoms with Crippen LogP contribution in [0, 0.1) is 0 Å². The number of alkyl halides is 2. The molecule has 1 amide bonds. The number of rotatable bonds is 6. The number of hydrogen-bond donors (Lipinski definition) is 1. The Bertz CT molecular complexity index is 808. The van der Waals surface area contributed by atoms with Gasteiger partial charge in [0.05, 0.1) is 17.4 Å². The molecule has 2 aliphatic rings. The molecule has 1 aromatic heterocycles. The van der Waals surface area contributed by atoms with Crippen molar-refractivity contribution in [2.24, 2.45) is 0 Å². The zero-order valence-electron chi connectivity index (χ0n) is 14.6. The van der Waals surface area contributed by atoms with E-state index in [1.165, 1.54) is 0 Å². The number of furan rings is 1. The van der Waals surface area contributed by atoms with Gasteiger partial charge >= 0.3 is 0 Å². The Morgan fingerprint density at radius 3 is 2.89 bits per heavy atom. The van der Waals surface area contributed by atoms with Crippen molar-refractivity contribution in [3.05, 3.63) is 53.5 Å². The van der Waals surface area contributed by atoms with Crippen LogP contribution in [-0.4, -0.2) is 35.8 Å². The number of carbonyl (C=O) groups is 1. The highest BCUT2D eigenvalue weighted by Gasteiger charge is 2.36. The number of carbonyl (C=O) groups excluding carboxylic acids is 1. The highest BCUT2D eigenvalue weighted by molar-refractivity contribution is 7.98. The molecule has 2 aromatic rings. The minimum Gasteiger partial charge on any atom is -0.461 e. The molecule has 27 heavy (non-hydrogen) atoms. The molecule has 8 heteroatoms. The van der Waals surface area contributed by atoms with Crippen LogP contribution in [0.1, 0.15) is 40.9 Å². The summed E-state index contributed by atoms with van der Waals surface area (Å²) in [5.74, 6) is -1.47. The summed E-state index contributed by atoms with van der Waals surface area (Å²) in [5, 5.41) is 3.35. The number of anilines is 1. The topological polar surface area (TPSA) is 54.7 Å². The van der Waals surface area contributed by atoms with Crippen molar-refractivity contribution in [1.82, 2.24) is 4.90 Å². The van der Waals surface area contributed by atoms with Crippen LogP contribution >= 0.6 is 11.8 Å². The van der Waals surface area contributed by atoms with Gasteiger partial charge in [0.25, 0.3) is 11.7 Å². The molecule has 0 radical (unpaired) electrons. The van der Waals surface area contributed by atoms with Gasteiger partial charge in [-0.2, -0.15) is 8.78 Å². The number of thioether (sulfide) groups is 1. The van der Waals surface area contributed by atoms with E-state index in [4.69, 9.17) is 9.15 Å². The average Bonchev–Trinajstić information content (AvgIpc) is 3.34. The van der Waals surface area contributed by atoms with Gasteiger partial charge in [0.2, 0.25) is 0 Å². The van der Waals surface area contributed by atoms with Gasteiger partial charge in [-0.3, -0.25) is 4.79 Å². The quantitative estimate of drug-likeness (QED) is 0.783. The zero-order valence-corrected chi connectivity index (χ0v) is 15.4. The first-order valence-corrected chi connectivity index (χ1v) is 9.93. The maximum Gasteiger partial charge on any atom is 0.284 e. The first-order chi connectivity index (χ1) is 13.1. The van der Waals surface area contributed by atoms with Gasteiger partial charge < -0.3 is 19.4 Å². The molecule has 0 spiro atoms. The Labute approximate surface area is 160 Å². The second-order valence-electron chi connectivity index (χ2n) is 6.56. The van der Waals surface area contributed by atoms with Crippen molar-refractivity contribution in [2.75, 3.05) is 18.5 Å². The molecule has 0 bridgehead atoms. The number of benzene rings is 1. The van der Waals surface area contributed by atoms with Crippen molar-refractivity contribution in [2.45, 2.75) is 36.6 Å². The third kappa shape index (κ3) is 3.96. The number of halogens is 2. The third-order valence-electron chi connectivity index (χ3n) is 4.75. The molecule has 2 aliphatic heterocycles.